The van der Waals surface area contributed by atoms with Gasteiger partial charge in [0.05, 0.1) is 22.0 Å². The minimum atomic E-state index is -0.624. The van der Waals surface area contributed by atoms with Crippen LogP contribution in [0.4, 0.5) is 11.4 Å². The highest BCUT2D eigenvalue weighted by molar-refractivity contribution is 6.29. The Morgan fingerprint density at radius 1 is 1.14 bits per heavy atom. The Hall–Kier alpha value is -2.74. The van der Waals surface area contributed by atoms with E-state index in [0.717, 1.165) is 12.1 Å². The molecule has 108 valence electrons. The first-order valence-corrected chi connectivity index (χ1v) is 5.99. The number of halogens is 1. The normalized spacial score (nSPS) is 10.2. The van der Waals surface area contributed by atoms with E-state index in [0.29, 0.717) is 5.56 Å². The molecule has 9 heteroatoms. The van der Waals surface area contributed by atoms with Crippen LogP contribution < -0.4 is 4.74 Å². The fourth-order valence-electron chi connectivity index (χ4n) is 1.63. The lowest BCUT2D eigenvalue weighted by Gasteiger charge is -2.06. The van der Waals surface area contributed by atoms with Gasteiger partial charge in [-0.15, -0.1) is 0 Å². The summed E-state index contributed by atoms with van der Waals surface area (Å²) in [5, 5.41) is 21.4. The average Bonchev–Trinajstić information content (AvgIpc) is 2.37. The maximum Gasteiger partial charge on any atom is 0.277 e. The molecule has 0 N–H and O–H groups in total. The molecule has 1 heterocycles. The van der Waals surface area contributed by atoms with Gasteiger partial charge < -0.3 is 4.74 Å². The van der Waals surface area contributed by atoms with Crippen molar-refractivity contribution in [2.24, 2.45) is 0 Å². The molecule has 0 fully saturated rings. The number of pyridine rings is 1. The third-order valence-electron chi connectivity index (χ3n) is 2.55. The van der Waals surface area contributed by atoms with E-state index < -0.39 is 9.85 Å². The lowest BCUT2D eigenvalue weighted by Crippen LogP contribution is -1.95. The van der Waals surface area contributed by atoms with Gasteiger partial charge in [0.1, 0.15) is 10.9 Å². The van der Waals surface area contributed by atoms with Crippen molar-refractivity contribution >= 4 is 23.0 Å². The number of nitrogens with zero attached hydrogens (tertiary/aromatic N) is 3. The molecule has 1 aromatic heterocycles. The molecular formula is C12H8ClN3O5. The Balaban J connectivity index is 2.32. The lowest BCUT2D eigenvalue weighted by atomic mass is 10.2. The number of nitro groups is 2. The van der Waals surface area contributed by atoms with Crippen LogP contribution >= 0.6 is 11.6 Å². The molecular weight excluding hydrogens is 302 g/mol. The molecule has 0 aliphatic heterocycles. The van der Waals surface area contributed by atoms with E-state index in [-0.39, 0.29) is 28.2 Å². The Morgan fingerprint density at radius 2 is 1.86 bits per heavy atom. The Labute approximate surface area is 123 Å². The van der Waals surface area contributed by atoms with E-state index in [1.165, 1.54) is 18.2 Å². The first-order chi connectivity index (χ1) is 9.86. The van der Waals surface area contributed by atoms with Gasteiger partial charge >= 0.3 is 0 Å². The van der Waals surface area contributed by atoms with E-state index in [2.05, 4.69) is 4.98 Å². The van der Waals surface area contributed by atoms with Crippen molar-refractivity contribution in [3.05, 3.63) is 61.3 Å². The zero-order chi connectivity index (χ0) is 15.6. The summed E-state index contributed by atoms with van der Waals surface area (Å²) < 4.78 is 5.34. The van der Waals surface area contributed by atoms with Crippen molar-refractivity contribution in [3.63, 3.8) is 0 Å². The average molecular weight is 310 g/mol. The van der Waals surface area contributed by atoms with Crippen LogP contribution in [0.3, 0.4) is 0 Å². The van der Waals surface area contributed by atoms with Crippen LogP contribution in [0, 0.1) is 27.2 Å². The summed E-state index contributed by atoms with van der Waals surface area (Å²) >= 11 is 5.67. The molecule has 1 aromatic carbocycles. The van der Waals surface area contributed by atoms with Crippen LogP contribution in [0.5, 0.6) is 11.6 Å². The zero-order valence-electron chi connectivity index (χ0n) is 10.6. The summed E-state index contributed by atoms with van der Waals surface area (Å²) in [5.41, 5.74) is 0.0880. The minimum Gasteiger partial charge on any atom is -0.439 e. The van der Waals surface area contributed by atoms with Crippen molar-refractivity contribution in [2.45, 2.75) is 6.92 Å². The topological polar surface area (TPSA) is 108 Å². The molecule has 8 nitrogen and oxygen atoms in total. The maximum absolute atomic E-state index is 10.7. The summed E-state index contributed by atoms with van der Waals surface area (Å²) in [7, 11) is 0. The van der Waals surface area contributed by atoms with E-state index in [1.807, 2.05) is 0 Å². The maximum atomic E-state index is 10.7. The fourth-order valence-corrected chi connectivity index (χ4v) is 1.83. The molecule has 2 aromatic rings. The second-order valence-electron chi connectivity index (χ2n) is 4.05. The molecule has 0 atom stereocenters. The quantitative estimate of drug-likeness (QED) is 0.484. The first kappa shape index (κ1) is 14.7. The minimum absolute atomic E-state index is 0.0487. The van der Waals surface area contributed by atoms with E-state index in [9.17, 15) is 20.2 Å². The number of hydrogen-bond acceptors (Lipinski definition) is 6. The summed E-state index contributed by atoms with van der Waals surface area (Å²) in [4.78, 5) is 24.1. The smallest absolute Gasteiger partial charge is 0.277 e. The second-order valence-corrected chi connectivity index (χ2v) is 4.44. The number of benzene rings is 1. The second kappa shape index (κ2) is 5.71. The van der Waals surface area contributed by atoms with Crippen LogP contribution in [-0.2, 0) is 0 Å². The van der Waals surface area contributed by atoms with Crippen LogP contribution in [0.25, 0.3) is 0 Å². The van der Waals surface area contributed by atoms with Crippen molar-refractivity contribution in [1.29, 1.82) is 0 Å². The summed E-state index contributed by atoms with van der Waals surface area (Å²) in [6, 6.07) is 6.30. The van der Waals surface area contributed by atoms with Gasteiger partial charge in [0, 0.05) is 11.6 Å². The Morgan fingerprint density at radius 3 is 2.43 bits per heavy atom. The number of ether oxygens (including phenoxy) is 1. The first-order valence-electron chi connectivity index (χ1n) is 5.61. The third-order valence-corrected chi connectivity index (χ3v) is 2.75. The summed E-state index contributed by atoms with van der Waals surface area (Å²) in [6.45, 7) is 1.55. The van der Waals surface area contributed by atoms with Gasteiger partial charge in [-0.25, -0.2) is 4.98 Å². The predicted octanol–water partition coefficient (Wildman–Crippen LogP) is 3.65. The van der Waals surface area contributed by atoms with Crippen LogP contribution in [0.1, 0.15) is 5.56 Å². The SMILES string of the molecule is Cc1cc(Oc2cc([N+](=O)[O-])cc(Cl)n2)ccc1[N+](=O)[O-]. The predicted molar refractivity (Wildman–Crippen MR) is 73.8 cm³/mol. The van der Waals surface area contributed by atoms with Crippen LogP contribution in [0.2, 0.25) is 5.15 Å². The fraction of sp³-hybridized carbons (Fsp3) is 0.0833. The van der Waals surface area contributed by atoms with Crippen molar-refractivity contribution < 1.29 is 14.6 Å². The standard InChI is InChI=1S/C12H8ClN3O5/c1-7-4-9(2-3-10(7)16(19)20)21-12-6-8(15(17)18)5-11(13)14-12/h2-6H,1H3. The zero-order valence-corrected chi connectivity index (χ0v) is 11.4. The number of hydrogen-bond donors (Lipinski definition) is 0. The molecule has 0 radical (unpaired) electrons. The number of aromatic nitrogens is 1. The molecule has 21 heavy (non-hydrogen) atoms. The van der Waals surface area contributed by atoms with E-state index in [1.54, 1.807) is 6.92 Å². The molecule has 2 rings (SSSR count). The van der Waals surface area contributed by atoms with Crippen molar-refractivity contribution in [2.75, 3.05) is 0 Å². The molecule has 0 saturated carbocycles. The molecule has 0 amide bonds. The molecule has 0 saturated heterocycles. The Kier molecular flexibility index (Phi) is 3.99. The highest BCUT2D eigenvalue weighted by atomic mass is 35.5. The van der Waals surface area contributed by atoms with Crippen LogP contribution in [-0.4, -0.2) is 14.8 Å². The van der Waals surface area contributed by atoms with E-state index >= 15 is 0 Å². The lowest BCUT2D eigenvalue weighted by molar-refractivity contribution is -0.385. The van der Waals surface area contributed by atoms with Gasteiger partial charge in [-0.1, -0.05) is 11.6 Å². The largest absolute Gasteiger partial charge is 0.439 e. The molecule has 0 bridgehead atoms. The molecule has 0 aliphatic rings. The van der Waals surface area contributed by atoms with Gasteiger partial charge in [0.2, 0.25) is 5.88 Å². The van der Waals surface area contributed by atoms with Gasteiger partial charge in [0.25, 0.3) is 11.4 Å². The van der Waals surface area contributed by atoms with Gasteiger partial charge in [-0.3, -0.25) is 20.2 Å². The summed E-state index contributed by atoms with van der Waals surface area (Å²) in [6.07, 6.45) is 0. The van der Waals surface area contributed by atoms with Crippen molar-refractivity contribution in [1.82, 2.24) is 4.98 Å². The Bertz CT molecular complexity index is 735. The third kappa shape index (κ3) is 3.42. The van der Waals surface area contributed by atoms with Gasteiger partial charge in [-0.2, -0.15) is 0 Å². The highest BCUT2D eigenvalue weighted by Gasteiger charge is 2.14. The monoisotopic (exact) mass is 309 g/mol. The van der Waals surface area contributed by atoms with Gasteiger partial charge in [0.15, 0.2) is 0 Å². The summed E-state index contributed by atoms with van der Waals surface area (Å²) in [5.74, 6) is 0.199. The molecule has 0 spiro atoms. The van der Waals surface area contributed by atoms with E-state index in [4.69, 9.17) is 16.3 Å². The molecule has 0 aliphatic carbocycles. The molecule has 0 unspecified atom stereocenters. The number of nitro benzene ring substituents is 1. The van der Waals surface area contributed by atoms with Crippen LogP contribution in [0.15, 0.2) is 30.3 Å². The highest BCUT2D eigenvalue weighted by Crippen LogP contribution is 2.29. The number of rotatable bonds is 4. The number of aryl methyl sites for hydroxylation is 1. The van der Waals surface area contributed by atoms with Gasteiger partial charge in [-0.05, 0) is 19.1 Å². The van der Waals surface area contributed by atoms with Crippen molar-refractivity contribution in [3.8, 4) is 11.6 Å².